The summed E-state index contributed by atoms with van der Waals surface area (Å²) >= 11 is 0. The molecule has 0 saturated heterocycles. The molecule has 1 heterocycles. The zero-order valence-electron chi connectivity index (χ0n) is 9.47. The Balaban J connectivity index is 2.55. The fourth-order valence-electron chi connectivity index (χ4n) is 1.60. The molecule has 2 N–H and O–H groups in total. The maximum atomic E-state index is 13.1. The highest BCUT2D eigenvalue weighted by atomic mass is 19.1. The molecule has 2 rings (SSSR count). The quantitative estimate of drug-likeness (QED) is 0.819. The van der Waals surface area contributed by atoms with Gasteiger partial charge in [-0.15, -0.1) is 0 Å². The van der Waals surface area contributed by atoms with E-state index in [1.54, 1.807) is 36.7 Å². The number of benzene rings is 1. The van der Waals surface area contributed by atoms with Crippen LogP contribution in [0.4, 0.5) is 4.39 Å². The highest BCUT2D eigenvalue weighted by Crippen LogP contribution is 2.21. The number of nitrogens with zero attached hydrogens (tertiary/aromatic N) is 2. The third-order valence-electron chi connectivity index (χ3n) is 2.49. The van der Waals surface area contributed by atoms with Crippen LogP contribution in [0, 0.1) is 17.1 Å². The van der Waals surface area contributed by atoms with E-state index in [4.69, 9.17) is 5.73 Å². The number of nitrogens with two attached hydrogens (primary N) is 1. The lowest BCUT2D eigenvalue weighted by molar-refractivity contribution is 0.627. The van der Waals surface area contributed by atoms with Crippen molar-refractivity contribution in [2.45, 2.75) is 0 Å². The normalized spacial score (nSPS) is 11.6. The van der Waals surface area contributed by atoms with Crippen LogP contribution in [0.1, 0.15) is 11.1 Å². The largest absolute Gasteiger partial charge is 0.397 e. The van der Waals surface area contributed by atoms with Gasteiger partial charge in [-0.2, -0.15) is 5.26 Å². The lowest BCUT2D eigenvalue weighted by Gasteiger charge is -2.06. The molecule has 0 aliphatic carbocycles. The lowest BCUT2D eigenvalue weighted by Crippen LogP contribution is -2.01. The zero-order chi connectivity index (χ0) is 13.0. The summed E-state index contributed by atoms with van der Waals surface area (Å²) in [6.45, 7) is 0. The van der Waals surface area contributed by atoms with E-state index in [9.17, 15) is 9.65 Å². The van der Waals surface area contributed by atoms with Crippen LogP contribution in [0.5, 0.6) is 0 Å². The summed E-state index contributed by atoms with van der Waals surface area (Å²) in [5.74, 6) is -0.387. The predicted molar refractivity (Wildman–Crippen MR) is 67.3 cm³/mol. The Hall–Kier alpha value is -2.67. The Morgan fingerprint density at radius 3 is 2.50 bits per heavy atom. The van der Waals surface area contributed by atoms with Crippen LogP contribution in [0.25, 0.3) is 11.3 Å². The molecule has 1 aromatic carbocycles. The molecular weight excluding hydrogens is 229 g/mol. The Bertz CT molecular complexity index is 627. The molecule has 0 aliphatic heterocycles. The molecule has 0 fully saturated rings. The summed E-state index contributed by atoms with van der Waals surface area (Å²) in [4.78, 5) is 3.88. The topological polar surface area (TPSA) is 62.7 Å². The fraction of sp³-hybridized carbons (Fsp3) is 0. The van der Waals surface area contributed by atoms with Crippen LogP contribution >= 0.6 is 0 Å². The molecule has 0 bridgehead atoms. The van der Waals surface area contributed by atoms with Crippen molar-refractivity contribution < 1.29 is 4.39 Å². The molecule has 0 saturated carbocycles. The Labute approximate surface area is 104 Å². The monoisotopic (exact) mass is 239 g/mol. The van der Waals surface area contributed by atoms with Crippen molar-refractivity contribution in [2.75, 3.05) is 0 Å². The molecule has 3 nitrogen and oxygen atoms in total. The zero-order valence-corrected chi connectivity index (χ0v) is 9.47. The Morgan fingerprint density at radius 2 is 1.89 bits per heavy atom. The van der Waals surface area contributed by atoms with E-state index in [0.29, 0.717) is 16.7 Å². The predicted octanol–water partition coefficient (Wildman–Crippen LogP) is 2.57. The number of rotatable bonds is 2. The number of aromatic nitrogens is 1. The van der Waals surface area contributed by atoms with Gasteiger partial charge in [-0.1, -0.05) is 12.1 Å². The molecule has 2 aromatic rings. The minimum Gasteiger partial charge on any atom is -0.397 e. The molecule has 18 heavy (non-hydrogen) atoms. The van der Waals surface area contributed by atoms with Crippen molar-refractivity contribution in [2.24, 2.45) is 5.73 Å². The van der Waals surface area contributed by atoms with Crippen LogP contribution in [0.3, 0.4) is 0 Å². The second kappa shape index (κ2) is 5.11. The van der Waals surface area contributed by atoms with E-state index in [1.165, 1.54) is 12.1 Å². The van der Waals surface area contributed by atoms with Crippen molar-refractivity contribution in [3.05, 3.63) is 65.7 Å². The average molecular weight is 239 g/mol. The third-order valence-corrected chi connectivity index (χ3v) is 2.49. The minimum absolute atomic E-state index is 0.253. The summed E-state index contributed by atoms with van der Waals surface area (Å²) in [6, 6.07) is 11.3. The number of hydrogen-bond donors (Lipinski definition) is 1. The molecule has 0 radical (unpaired) electrons. The summed E-state index contributed by atoms with van der Waals surface area (Å²) in [7, 11) is 0. The standard InChI is InChI=1S/C14H10FN3/c15-12-3-1-2-11(8-12)14(17)13(9-16)10-4-6-18-7-5-10/h1-8H,17H2/b14-13-. The van der Waals surface area contributed by atoms with E-state index in [2.05, 4.69) is 4.98 Å². The van der Waals surface area contributed by atoms with Gasteiger partial charge >= 0.3 is 0 Å². The van der Waals surface area contributed by atoms with E-state index < -0.39 is 0 Å². The van der Waals surface area contributed by atoms with Gasteiger partial charge in [-0.05, 0) is 29.8 Å². The summed E-state index contributed by atoms with van der Waals surface area (Å²) in [5, 5.41) is 9.18. The van der Waals surface area contributed by atoms with Crippen molar-refractivity contribution in [3.8, 4) is 6.07 Å². The second-order valence-electron chi connectivity index (χ2n) is 3.65. The van der Waals surface area contributed by atoms with Crippen molar-refractivity contribution in [3.63, 3.8) is 0 Å². The first-order valence-corrected chi connectivity index (χ1v) is 5.28. The maximum absolute atomic E-state index is 13.1. The number of hydrogen-bond acceptors (Lipinski definition) is 3. The molecular formula is C14H10FN3. The number of pyridine rings is 1. The first kappa shape index (κ1) is 11.8. The van der Waals surface area contributed by atoms with Crippen molar-refractivity contribution >= 4 is 11.3 Å². The van der Waals surface area contributed by atoms with Gasteiger partial charge < -0.3 is 5.73 Å². The van der Waals surface area contributed by atoms with E-state index >= 15 is 0 Å². The highest BCUT2D eigenvalue weighted by molar-refractivity contribution is 5.95. The molecule has 0 spiro atoms. The van der Waals surface area contributed by atoms with Gasteiger partial charge in [0.15, 0.2) is 0 Å². The van der Waals surface area contributed by atoms with Gasteiger partial charge in [0.2, 0.25) is 0 Å². The van der Waals surface area contributed by atoms with E-state index in [0.717, 1.165) is 0 Å². The van der Waals surface area contributed by atoms with Crippen LogP contribution in [-0.2, 0) is 0 Å². The van der Waals surface area contributed by atoms with Gasteiger partial charge in [-0.25, -0.2) is 4.39 Å². The SMILES string of the molecule is N#C/C(=C(/N)c1cccc(F)c1)c1ccncc1. The molecule has 0 unspecified atom stereocenters. The van der Waals surface area contributed by atoms with Crippen LogP contribution in [-0.4, -0.2) is 4.98 Å². The number of allylic oxidation sites excluding steroid dienone is 1. The molecule has 0 aliphatic rings. The molecule has 0 atom stereocenters. The van der Waals surface area contributed by atoms with Gasteiger partial charge in [0.25, 0.3) is 0 Å². The lowest BCUT2D eigenvalue weighted by atomic mass is 10.0. The van der Waals surface area contributed by atoms with Gasteiger partial charge in [0.1, 0.15) is 11.9 Å². The highest BCUT2D eigenvalue weighted by Gasteiger charge is 2.08. The summed E-state index contributed by atoms with van der Waals surface area (Å²) in [6.07, 6.45) is 3.15. The summed E-state index contributed by atoms with van der Waals surface area (Å²) < 4.78 is 13.1. The Morgan fingerprint density at radius 1 is 1.17 bits per heavy atom. The van der Waals surface area contributed by atoms with Crippen LogP contribution in [0.2, 0.25) is 0 Å². The Kier molecular flexibility index (Phi) is 3.35. The van der Waals surface area contributed by atoms with Crippen molar-refractivity contribution in [1.29, 1.82) is 5.26 Å². The fourth-order valence-corrected chi connectivity index (χ4v) is 1.60. The first-order chi connectivity index (χ1) is 8.72. The van der Waals surface area contributed by atoms with Crippen LogP contribution < -0.4 is 5.73 Å². The van der Waals surface area contributed by atoms with Gasteiger partial charge in [-0.3, -0.25) is 4.98 Å². The van der Waals surface area contributed by atoms with E-state index in [1.807, 2.05) is 6.07 Å². The van der Waals surface area contributed by atoms with Gasteiger partial charge in [0.05, 0.1) is 11.3 Å². The smallest absolute Gasteiger partial charge is 0.123 e. The first-order valence-electron chi connectivity index (χ1n) is 5.28. The number of nitriles is 1. The molecule has 0 amide bonds. The van der Waals surface area contributed by atoms with E-state index in [-0.39, 0.29) is 11.5 Å². The molecule has 88 valence electrons. The second-order valence-corrected chi connectivity index (χ2v) is 3.65. The minimum atomic E-state index is -0.387. The average Bonchev–Trinajstić information content (AvgIpc) is 2.41. The van der Waals surface area contributed by atoms with Crippen LogP contribution in [0.15, 0.2) is 48.8 Å². The maximum Gasteiger partial charge on any atom is 0.123 e. The third kappa shape index (κ3) is 2.36. The van der Waals surface area contributed by atoms with Gasteiger partial charge in [0, 0.05) is 18.0 Å². The number of halogens is 1. The summed E-state index contributed by atoms with van der Waals surface area (Å²) in [5.41, 5.74) is 7.63. The van der Waals surface area contributed by atoms with Crippen molar-refractivity contribution in [1.82, 2.24) is 4.98 Å². The molecule has 1 aromatic heterocycles. The molecule has 4 heteroatoms.